The molecule has 0 radical (unpaired) electrons. The molecule has 0 amide bonds. The van der Waals surface area contributed by atoms with Gasteiger partial charge in [-0.2, -0.15) is 0 Å². The van der Waals surface area contributed by atoms with E-state index in [0.29, 0.717) is 5.92 Å². The summed E-state index contributed by atoms with van der Waals surface area (Å²) in [6.45, 7) is 2.22. The number of methoxy groups -OCH3 is 2. The Morgan fingerprint density at radius 1 is 1.22 bits per heavy atom. The summed E-state index contributed by atoms with van der Waals surface area (Å²) in [6, 6.07) is 3.89. The zero-order chi connectivity index (χ0) is 13.3. The number of hydrogen-bond donors (Lipinski definition) is 0. The highest BCUT2D eigenvalue weighted by atomic mass is 79.9. The van der Waals surface area contributed by atoms with Crippen molar-refractivity contribution in [1.82, 2.24) is 0 Å². The van der Waals surface area contributed by atoms with E-state index in [1.54, 1.807) is 14.2 Å². The van der Waals surface area contributed by atoms with Gasteiger partial charge in [-0.15, -0.1) is 11.6 Å². The smallest absolute Gasteiger partial charge is 0.161 e. The molecule has 0 saturated heterocycles. The van der Waals surface area contributed by atoms with Crippen LogP contribution in [0.5, 0.6) is 11.5 Å². The lowest BCUT2D eigenvalue weighted by Crippen LogP contribution is -2.07. The van der Waals surface area contributed by atoms with E-state index in [1.807, 2.05) is 12.1 Å². The lowest BCUT2D eigenvalue weighted by molar-refractivity contribution is 0.353. The van der Waals surface area contributed by atoms with Gasteiger partial charge in [0, 0.05) is 4.47 Å². The molecule has 1 aromatic carbocycles. The second-order valence-corrected chi connectivity index (χ2v) is 6.15. The molecule has 2 unspecified atom stereocenters. The second-order valence-electron chi connectivity index (χ2n) is 4.83. The fourth-order valence-corrected chi connectivity index (χ4v) is 3.31. The molecule has 2 atom stereocenters. The fraction of sp³-hybridized carbons (Fsp3) is 0.571. The van der Waals surface area contributed by atoms with Crippen LogP contribution in [0.25, 0.3) is 0 Å². The van der Waals surface area contributed by atoms with Crippen molar-refractivity contribution in [2.24, 2.45) is 11.8 Å². The maximum Gasteiger partial charge on any atom is 0.161 e. The molecule has 0 spiro atoms. The van der Waals surface area contributed by atoms with E-state index in [4.69, 9.17) is 21.1 Å². The van der Waals surface area contributed by atoms with Crippen LogP contribution in [0.15, 0.2) is 16.6 Å². The molecule has 2 nitrogen and oxygen atoms in total. The fourth-order valence-electron chi connectivity index (χ4n) is 2.23. The molecular formula is C14H18BrClO2. The lowest BCUT2D eigenvalue weighted by atomic mass is 9.96. The van der Waals surface area contributed by atoms with E-state index in [2.05, 4.69) is 22.9 Å². The summed E-state index contributed by atoms with van der Waals surface area (Å²) in [6.07, 6.45) is 2.60. The Kier molecular flexibility index (Phi) is 4.44. The summed E-state index contributed by atoms with van der Waals surface area (Å²) in [5, 5.41) is 0.00619. The number of rotatable bonds is 5. The molecule has 1 aliphatic rings. The third-order valence-electron chi connectivity index (χ3n) is 3.63. The first kappa shape index (κ1) is 14.0. The Hall–Kier alpha value is -0.410. The van der Waals surface area contributed by atoms with Crippen molar-refractivity contribution in [2.75, 3.05) is 14.2 Å². The minimum absolute atomic E-state index is 0.00619. The van der Waals surface area contributed by atoms with Crippen LogP contribution in [-0.4, -0.2) is 14.2 Å². The Morgan fingerprint density at radius 3 is 2.28 bits per heavy atom. The van der Waals surface area contributed by atoms with Gasteiger partial charge in [0.2, 0.25) is 0 Å². The minimum Gasteiger partial charge on any atom is -0.493 e. The quantitative estimate of drug-likeness (QED) is 0.721. The number of benzene rings is 1. The highest BCUT2D eigenvalue weighted by Gasteiger charge is 2.34. The molecule has 0 bridgehead atoms. The molecule has 0 aromatic heterocycles. The topological polar surface area (TPSA) is 18.5 Å². The predicted molar refractivity (Wildman–Crippen MR) is 77.7 cm³/mol. The molecule has 1 saturated carbocycles. The van der Waals surface area contributed by atoms with Crippen LogP contribution in [0.1, 0.15) is 30.7 Å². The molecule has 0 aliphatic heterocycles. The van der Waals surface area contributed by atoms with Crippen LogP contribution in [0.4, 0.5) is 0 Å². The summed E-state index contributed by atoms with van der Waals surface area (Å²) in [5.74, 6) is 2.70. The number of hydrogen-bond acceptors (Lipinski definition) is 2. The molecule has 1 aliphatic carbocycles. The Balaban J connectivity index is 2.31. The summed E-state index contributed by atoms with van der Waals surface area (Å²) in [7, 11) is 3.28. The third-order valence-corrected chi connectivity index (χ3v) is 4.95. The first-order valence-corrected chi connectivity index (χ1v) is 7.37. The van der Waals surface area contributed by atoms with E-state index >= 15 is 0 Å². The third kappa shape index (κ3) is 2.77. The van der Waals surface area contributed by atoms with Gasteiger partial charge < -0.3 is 9.47 Å². The Bertz CT molecular complexity index is 432. The van der Waals surface area contributed by atoms with Gasteiger partial charge >= 0.3 is 0 Å². The normalized spacial score (nSPS) is 18.3. The Labute approximate surface area is 122 Å². The molecule has 1 fully saturated rings. The molecule has 2 rings (SSSR count). The van der Waals surface area contributed by atoms with Crippen molar-refractivity contribution in [3.8, 4) is 11.5 Å². The van der Waals surface area contributed by atoms with Crippen LogP contribution in [0.2, 0.25) is 0 Å². The predicted octanol–water partition coefficient (Wildman–Crippen LogP) is 4.79. The molecule has 0 N–H and O–H groups in total. The standard InChI is InChI=1S/C14H18BrClO2/c1-8(9-4-5-9)14(16)10-6-12(17-2)13(18-3)7-11(10)15/h6-9,14H,4-5H2,1-3H3. The maximum absolute atomic E-state index is 6.60. The van der Waals surface area contributed by atoms with Crippen LogP contribution >= 0.6 is 27.5 Å². The van der Waals surface area contributed by atoms with E-state index in [0.717, 1.165) is 27.5 Å². The Morgan fingerprint density at radius 2 is 1.78 bits per heavy atom. The molecule has 4 heteroatoms. The van der Waals surface area contributed by atoms with Crippen molar-refractivity contribution in [3.05, 3.63) is 22.2 Å². The van der Waals surface area contributed by atoms with Gasteiger partial charge in [0.1, 0.15) is 0 Å². The van der Waals surface area contributed by atoms with E-state index in [1.165, 1.54) is 12.8 Å². The monoisotopic (exact) mass is 332 g/mol. The zero-order valence-corrected chi connectivity index (χ0v) is 13.2. The van der Waals surface area contributed by atoms with Gasteiger partial charge in [-0.3, -0.25) is 0 Å². The minimum atomic E-state index is 0.00619. The molecule has 1 aromatic rings. The molecule has 18 heavy (non-hydrogen) atoms. The van der Waals surface area contributed by atoms with E-state index in [9.17, 15) is 0 Å². The summed E-state index contributed by atoms with van der Waals surface area (Å²) >= 11 is 10.2. The van der Waals surface area contributed by atoms with E-state index < -0.39 is 0 Å². The van der Waals surface area contributed by atoms with Gasteiger partial charge in [0.15, 0.2) is 11.5 Å². The highest BCUT2D eigenvalue weighted by molar-refractivity contribution is 9.10. The van der Waals surface area contributed by atoms with Crippen LogP contribution in [-0.2, 0) is 0 Å². The molecular weight excluding hydrogens is 316 g/mol. The van der Waals surface area contributed by atoms with Crippen LogP contribution in [0, 0.1) is 11.8 Å². The zero-order valence-electron chi connectivity index (χ0n) is 10.9. The van der Waals surface area contributed by atoms with Crippen molar-refractivity contribution in [3.63, 3.8) is 0 Å². The number of ether oxygens (including phenoxy) is 2. The highest BCUT2D eigenvalue weighted by Crippen LogP contribution is 2.48. The first-order chi connectivity index (χ1) is 8.58. The van der Waals surface area contributed by atoms with Crippen molar-refractivity contribution >= 4 is 27.5 Å². The van der Waals surface area contributed by atoms with Crippen LogP contribution < -0.4 is 9.47 Å². The average molecular weight is 334 g/mol. The number of alkyl halides is 1. The van der Waals surface area contributed by atoms with Gasteiger partial charge in [-0.25, -0.2) is 0 Å². The second kappa shape index (κ2) is 5.70. The molecule has 0 heterocycles. The summed E-state index contributed by atoms with van der Waals surface area (Å²) < 4.78 is 11.6. The average Bonchev–Trinajstić information content (AvgIpc) is 3.20. The van der Waals surface area contributed by atoms with Crippen molar-refractivity contribution in [2.45, 2.75) is 25.1 Å². The van der Waals surface area contributed by atoms with Gasteiger partial charge in [0.25, 0.3) is 0 Å². The lowest BCUT2D eigenvalue weighted by Gasteiger charge is -2.20. The van der Waals surface area contributed by atoms with Crippen LogP contribution in [0.3, 0.4) is 0 Å². The summed E-state index contributed by atoms with van der Waals surface area (Å²) in [5.41, 5.74) is 1.08. The molecule has 100 valence electrons. The van der Waals surface area contributed by atoms with Crippen molar-refractivity contribution in [1.29, 1.82) is 0 Å². The van der Waals surface area contributed by atoms with Gasteiger partial charge in [-0.1, -0.05) is 22.9 Å². The first-order valence-electron chi connectivity index (χ1n) is 6.14. The summed E-state index contributed by atoms with van der Waals surface area (Å²) in [4.78, 5) is 0. The van der Waals surface area contributed by atoms with Crippen molar-refractivity contribution < 1.29 is 9.47 Å². The SMILES string of the molecule is COc1cc(Br)c(C(Cl)C(C)C2CC2)cc1OC. The maximum atomic E-state index is 6.60. The largest absolute Gasteiger partial charge is 0.493 e. The van der Waals surface area contributed by atoms with Gasteiger partial charge in [-0.05, 0) is 42.4 Å². The van der Waals surface area contributed by atoms with E-state index in [-0.39, 0.29) is 5.38 Å². The number of halogens is 2. The van der Waals surface area contributed by atoms with Gasteiger partial charge in [0.05, 0.1) is 19.6 Å².